The van der Waals surface area contributed by atoms with Crippen LogP contribution in [-0.4, -0.2) is 77.1 Å². The van der Waals surface area contributed by atoms with Gasteiger partial charge in [-0.3, -0.25) is 24.0 Å². The average molecular weight is 722 g/mol. The first-order chi connectivity index (χ1) is 24.0. The maximum Gasteiger partial charge on any atom is 0.302 e. The summed E-state index contributed by atoms with van der Waals surface area (Å²) in [5, 5.41) is 6.58. The quantitative estimate of drug-likeness (QED) is 0.180. The van der Waals surface area contributed by atoms with Crippen LogP contribution in [0.25, 0.3) is 0 Å². The van der Waals surface area contributed by atoms with E-state index in [2.05, 4.69) is 15.5 Å². The molecule has 264 valence electrons. The molecule has 10 nitrogen and oxygen atoms in total. The molecule has 0 saturated carbocycles. The number of Topliss-reactive ketones (excluding diaryl/α,β-unsaturated/α-hetero) is 1. The van der Waals surface area contributed by atoms with E-state index in [-0.39, 0.29) is 56.0 Å². The van der Waals surface area contributed by atoms with Crippen molar-refractivity contribution < 1.29 is 28.7 Å². The van der Waals surface area contributed by atoms with Gasteiger partial charge >= 0.3 is 5.97 Å². The van der Waals surface area contributed by atoms with Crippen molar-refractivity contribution in [2.24, 2.45) is 0 Å². The molecule has 0 spiro atoms. The van der Waals surface area contributed by atoms with Gasteiger partial charge in [0.15, 0.2) is 5.78 Å². The number of halogens is 2. The second kappa shape index (κ2) is 17.1. The van der Waals surface area contributed by atoms with Gasteiger partial charge in [-0.15, -0.1) is 0 Å². The molecular weight excluding hydrogens is 679 g/mol. The summed E-state index contributed by atoms with van der Waals surface area (Å²) in [5.41, 5.74) is 3.38. The Labute approximate surface area is 302 Å². The third-order valence-corrected chi connectivity index (χ3v) is 10.2. The van der Waals surface area contributed by atoms with Gasteiger partial charge in [0, 0.05) is 63.0 Å². The van der Waals surface area contributed by atoms with E-state index in [0.717, 1.165) is 11.1 Å². The lowest BCUT2D eigenvalue weighted by molar-refractivity contribution is -0.148. The molecule has 1 saturated heterocycles. The molecule has 1 fully saturated rings. The van der Waals surface area contributed by atoms with Crippen molar-refractivity contribution >= 4 is 58.4 Å². The van der Waals surface area contributed by atoms with Gasteiger partial charge in [-0.25, -0.2) is 0 Å². The molecule has 12 heteroatoms. The first-order valence-electron chi connectivity index (χ1n) is 16.9. The maximum absolute atomic E-state index is 14.2. The first-order valence-corrected chi connectivity index (χ1v) is 17.7. The molecule has 0 aromatic heterocycles. The van der Waals surface area contributed by atoms with Crippen molar-refractivity contribution in [3.63, 3.8) is 0 Å². The summed E-state index contributed by atoms with van der Waals surface area (Å²) in [6.45, 7) is 5.20. The number of likely N-dealkylation sites (tertiary alicyclic amines) is 1. The van der Waals surface area contributed by atoms with Crippen LogP contribution in [-0.2, 0) is 36.9 Å². The minimum atomic E-state index is -0.963. The molecule has 2 N–H and O–H groups in total. The van der Waals surface area contributed by atoms with Crippen molar-refractivity contribution in [1.82, 2.24) is 15.1 Å². The fourth-order valence-electron chi connectivity index (χ4n) is 6.46. The van der Waals surface area contributed by atoms with E-state index >= 15 is 0 Å². The van der Waals surface area contributed by atoms with Crippen LogP contribution in [0.5, 0.6) is 0 Å². The first kappa shape index (κ1) is 37.0. The summed E-state index contributed by atoms with van der Waals surface area (Å²) in [7, 11) is 0. The molecule has 0 aliphatic carbocycles. The number of piperidine rings is 1. The number of hydrogen-bond donors (Lipinski definition) is 2. The fourth-order valence-corrected chi connectivity index (χ4v) is 6.88. The van der Waals surface area contributed by atoms with Crippen molar-refractivity contribution in [1.29, 1.82) is 0 Å². The second-order valence-electron chi connectivity index (χ2n) is 12.8. The number of benzene rings is 3. The molecule has 5 rings (SSSR count). The number of hydrogen-bond acceptors (Lipinski definition) is 7. The predicted octanol–water partition coefficient (Wildman–Crippen LogP) is 5.76. The van der Waals surface area contributed by atoms with E-state index in [1.54, 1.807) is 43.3 Å². The van der Waals surface area contributed by atoms with Crippen LogP contribution >= 0.6 is 23.2 Å². The third kappa shape index (κ3) is 9.50. The van der Waals surface area contributed by atoms with Gasteiger partial charge in [0.05, 0.1) is 10.7 Å². The zero-order chi connectivity index (χ0) is 35.8. The normalized spacial score (nSPS) is 17.0. The minimum Gasteiger partial charge on any atom is -0.462 e. The topological polar surface area (TPSA) is 125 Å². The summed E-state index contributed by atoms with van der Waals surface area (Å²) in [5.74, 6) is -1.70. The molecule has 0 radical (unpaired) electrons. The lowest BCUT2D eigenvalue weighted by Crippen LogP contribution is -2.56. The average Bonchev–Trinajstić information content (AvgIpc) is 3.12. The van der Waals surface area contributed by atoms with E-state index in [1.807, 2.05) is 30.3 Å². The monoisotopic (exact) mass is 720 g/mol. The Bertz CT molecular complexity index is 1730. The molecule has 2 atom stereocenters. The summed E-state index contributed by atoms with van der Waals surface area (Å²) in [6.07, 6.45) is 1.71. The van der Waals surface area contributed by atoms with Gasteiger partial charge in [0.2, 0.25) is 17.7 Å². The van der Waals surface area contributed by atoms with Crippen molar-refractivity contribution in [3.05, 3.63) is 99.0 Å². The fraction of sp³-hybridized carbons (Fsp3) is 0.395. The number of anilines is 1. The lowest BCUT2D eigenvalue weighted by Gasteiger charge is -2.37. The summed E-state index contributed by atoms with van der Waals surface area (Å²) >= 11 is 12.7. The van der Waals surface area contributed by atoms with Crippen LogP contribution in [0.15, 0.2) is 66.7 Å². The minimum absolute atomic E-state index is 0.00970. The molecule has 1 unspecified atom stereocenters. The van der Waals surface area contributed by atoms with Crippen LogP contribution in [0.3, 0.4) is 0 Å². The number of amides is 3. The number of rotatable bonds is 12. The zero-order valence-corrected chi connectivity index (χ0v) is 29.8. The number of esters is 1. The highest BCUT2D eigenvalue weighted by molar-refractivity contribution is 6.38. The number of carbonyl (C=O) groups is 5. The van der Waals surface area contributed by atoms with Crippen molar-refractivity contribution in [2.45, 2.75) is 77.1 Å². The number of fused-ring (bicyclic) bond motifs is 1. The van der Waals surface area contributed by atoms with Gasteiger partial charge in [0.25, 0.3) is 0 Å². The second-order valence-corrected chi connectivity index (χ2v) is 13.6. The summed E-state index contributed by atoms with van der Waals surface area (Å²) in [6, 6.07) is 17.8. The standard InChI is InChI=1S/C38H42Cl2N4O6/c1-24-30(39)12-13-31(36(24)40)41-37(48)32(18-21-43-19-16-29(17-20-43)50-25(2)45)42-38(49)33-22-27-10-6-7-11-28(27)23-44(33)35(47)15-14-34(46)26-8-4-3-5-9-26/h3-13,29,32-33H,14-23H2,1-2H3,(H,41,48)(H,42,49)/t32?,33-/m0/s1. The Morgan fingerprint density at radius 3 is 2.28 bits per heavy atom. The highest BCUT2D eigenvalue weighted by atomic mass is 35.5. The molecule has 2 heterocycles. The Kier molecular flexibility index (Phi) is 12.7. The zero-order valence-electron chi connectivity index (χ0n) is 28.3. The Morgan fingerprint density at radius 2 is 1.58 bits per heavy atom. The van der Waals surface area contributed by atoms with E-state index in [1.165, 1.54) is 11.8 Å². The van der Waals surface area contributed by atoms with E-state index in [0.29, 0.717) is 59.3 Å². The van der Waals surface area contributed by atoms with Crippen LogP contribution in [0.2, 0.25) is 10.0 Å². The summed E-state index contributed by atoms with van der Waals surface area (Å²) < 4.78 is 5.37. The van der Waals surface area contributed by atoms with E-state index in [9.17, 15) is 24.0 Å². The van der Waals surface area contributed by atoms with Gasteiger partial charge in [-0.05, 0) is 55.0 Å². The molecule has 3 aromatic rings. The van der Waals surface area contributed by atoms with Gasteiger partial charge in [-0.1, -0.05) is 77.8 Å². The van der Waals surface area contributed by atoms with Gasteiger partial charge in [-0.2, -0.15) is 0 Å². The number of ether oxygens (including phenoxy) is 1. The molecule has 0 bridgehead atoms. The highest BCUT2D eigenvalue weighted by Crippen LogP contribution is 2.31. The van der Waals surface area contributed by atoms with E-state index in [4.69, 9.17) is 27.9 Å². The molecule has 2 aliphatic rings. The van der Waals surface area contributed by atoms with Crippen LogP contribution in [0.1, 0.15) is 66.1 Å². The number of nitrogens with zero attached hydrogens (tertiary/aromatic N) is 2. The van der Waals surface area contributed by atoms with Crippen LogP contribution in [0.4, 0.5) is 5.69 Å². The van der Waals surface area contributed by atoms with E-state index < -0.39 is 23.9 Å². The van der Waals surface area contributed by atoms with Gasteiger partial charge in [0.1, 0.15) is 18.2 Å². The smallest absolute Gasteiger partial charge is 0.302 e. The molecule has 50 heavy (non-hydrogen) atoms. The number of ketones is 1. The highest BCUT2D eigenvalue weighted by Gasteiger charge is 2.36. The number of nitrogens with one attached hydrogen (secondary N) is 2. The maximum atomic E-state index is 14.2. The van der Waals surface area contributed by atoms with Crippen molar-refractivity contribution in [2.75, 3.05) is 25.0 Å². The molecular formula is C38H42Cl2N4O6. The lowest BCUT2D eigenvalue weighted by atomic mass is 9.92. The molecule has 3 aromatic carbocycles. The Morgan fingerprint density at radius 1 is 0.900 bits per heavy atom. The number of carbonyl (C=O) groups excluding carboxylic acids is 5. The van der Waals surface area contributed by atoms with Crippen molar-refractivity contribution in [3.8, 4) is 0 Å². The SMILES string of the molecule is CC(=O)OC1CCN(CCC(NC(=O)[C@@H]2Cc3ccccc3CN2C(=O)CCC(=O)c2ccccc2)C(=O)Nc2ccc(Cl)c(C)c2Cl)CC1. The largest absolute Gasteiger partial charge is 0.462 e. The molecule has 3 amide bonds. The summed E-state index contributed by atoms with van der Waals surface area (Å²) in [4.78, 5) is 69.6. The van der Waals surface area contributed by atoms with Gasteiger partial charge < -0.3 is 25.2 Å². The Hall–Kier alpha value is -4.25. The molecule has 2 aliphatic heterocycles. The van der Waals surface area contributed by atoms with Crippen LogP contribution in [0, 0.1) is 6.92 Å². The third-order valence-electron chi connectivity index (χ3n) is 9.35. The predicted molar refractivity (Wildman–Crippen MR) is 192 cm³/mol. The Balaban J connectivity index is 1.32. The van der Waals surface area contributed by atoms with Crippen LogP contribution < -0.4 is 10.6 Å².